The summed E-state index contributed by atoms with van der Waals surface area (Å²) in [7, 11) is 0.294. The monoisotopic (exact) mass is 360 g/mol. The first-order chi connectivity index (χ1) is 9.33. The first-order valence-corrected chi connectivity index (χ1v) is 10.9. The van der Waals surface area contributed by atoms with Crippen LogP contribution in [0.4, 0.5) is 0 Å². The molecule has 0 unspecified atom stereocenters. The quantitative estimate of drug-likeness (QED) is 0.320. The number of ether oxygens (including phenoxy) is 3. The molecule has 0 aliphatic rings. The number of esters is 1. The molecule has 0 atom stereocenters. The highest BCUT2D eigenvalue weighted by Crippen LogP contribution is 2.23. The number of halogens is 1. The predicted molar refractivity (Wildman–Crippen MR) is 85.1 cm³/mol. The van der Waals surface area contributed by atoms with Gasteiger partial charge in [-0.3, -0.25) is 0 Å². The van der Waals surface area contributed by atoms with Crippen LogP contribution in [0.5, 0.6) is 5.75 Å². The van der Waals surface area contributed by atoms with Gasteiger partial charge in [-0.25, -0.2) is 4.79 Å². The zero-order chi connectivity index (χ0) is 15.2. The van der Waals surface area contributed by atoms with Crippen LogP contribution in [0.25, 0.3) is 0 Å². The number of hydrogen-bond donors (Lipinski definition) is 0. The number of benzene rings is 1. The van der Waals surface area contributed by atoms with Crippen molar-refractivity contribution in [3.05, 3.63) is 28.2 Å². The van der Waals surface area contributed by atoms with Gasteiger partial charge in [0.15, 0.2) is 6.79 Å². The molecule has 0 aromatic heterocycles. The van der Waals surface area contributed by atoms with Gasteiger partial charge in [-0.1, -0.05) is 19.6 Å². The van der Waals surface area contributed by atoms with Gasteiger partial charge in [-0.2, -0.15) is 0 Å². The van der Waals surface area contributed by atoms with Gasteiger partial charge in [0.05, 0.1) is 12.7 Å². The maximum atomic E-state index is 11.4. The SMILES string of the molecule is COC(=O)c1ccc(OCOCC[Si](C)(C)C)cc1Br. The molecule has 0 bridgehead atoms. The van der Waals surface area contributed by atoms with E-state index in [1.165, 1.54) is 7.11 Å². The number of methoxy groups -OCH3 is 1. The van der Waals surface area contributed by atoms with Crippen molar-refractivity contribution in [3.63, 3.8) is 0 Å². The molecule has 0 aliphatic heterocycles. The fraction of sp³-hybridized carbons (Fsp3) is 0.500. The van der Waals surface area contributed by atoms with Crippen molar-refractivity contribution in [1.29, 1.82) is 0 Å². The largest absolute Gasteiger partial charge is 0.468 e. The molecular weight excluding hydrogens is 340 g/mol. The lowest BCUT2D eigenvalue weighted by Gasteiger charge is -2.15. The molecule has 20 heavy (non-hydrogen) atoms. The Morgan fingerprint density at radius 2 is 2.00 bits per heavy atom. The third-order valence-electron chi connectivity index (χ3n) is 2.65. The summed E-state index contributed by atoms with van der Waals surface area (Å²) in [6.45, 7) is 7.85. The number of carbonyl (C=O) groups excluding carboxylic acids is 1. The predicted octanol–water partition coefficient (Wildman–Crippen LogP) is 3.93. The fourth-order valence-electron chi connectivity index (χ4n) is 1.41. The Balaban J connectivity index is 2.42. The topological polar surface area (TPSA) is 44.8 Å². The highest BCUT2D eigenvalue weighted by Gasteiger charge is 2.12. The molecule has 0 radical (unpaired) electrons. The van der Waals surface area contributed by atoms with Crippen molar-refractivity contribution in [2.75, 3.05) is 20.5 Å². The average molecular weight is 361 g/mol. The number of rotatable bonds is 7. The van der Waals surface area contributed by atoms with Crippen LogP contribution in [0.2, 0.25) is 25.7 Å². The van der Waals surface area contributed by atoms with Gasteiger partial charge < -0.3 is 14.2 Å². The third-order valence-corrected chi connectivity index (χ3v) is 5.01. The number of hydrogen-bond acceptors (Lipinski definition) is 4. The van der Waals surface area contributed by atoms with Crippen molar-refractivity contribution in [3.8, 4) is 5.75 Å². The second-order valence-corrected chi connectivity index (χ2v) is 12.1. The minimum Gasteiger partial charge on any atom is -0.468 e. The molecule has 1 aromatic rings. The summed E-state index contributed by atoms with van der Waals surface area (Å²) in [4.78, 5) is 11.4. The summed E-state index contributed by atoms with van der Waals surface area (Å²) in [6.07, 6.45) is 0. The smallest absolute Gasteiger partial charge is 0.339 e. The Bertz CT molecular complexity index is 457. The van der Waals surface area contributed by atoms with Gasteiger partial charge in [0.2, 0.25) is 0 Å². The molecule has 0 amide bonds. The van der Waals surface area contributed by atoms with Crippen molar-refractivity contribution in [2.45, 2.75) is 25.7 Å². The van der Waals surface area contributed by atoms with Crippen LogP contribution < -0.4 is 4.74 Å². The van der Waals surface area contributed by atoms with Crippen LogP contribution in [0.15, 0.2) is 22.7 Å². The zero-order valence-corrected chi connectivity index (χ0v) is 15.0. The van der Waals surface area contributed by atoms with Crippen molar-refractivity contribution in [2.24, 2.45) is 0 Å². The van der Waals surface area contributed by atoms with Crippen LogP contribution in [-0.4, -0.2) is 34.6 Å². The van der Waals surface area contributed by atoms with Gasteiger partial charge in [-0.15, -0.1) is 0 Å². The Labute approximate surface area is 129 Å². The summed E-state index contributed by atoms with van der Waals surface area (Å²) in [5.41, 5.74) is 0.472. The molecule has 1 aromatic carbocycles. The van der Waals surface area contributed by atoms with E-state index in [1.807, 2.05) is 0 Å². The van der Waals surface area contributed by atoms with Gasteiger partial charge in [0, 0.05) is 19.2 Å². The van der Waals surface area contributed by atoms with E-state index in [2.05, 4.69) is 40.3 Å². The van der Waals surface area contributed by atoms with Crippen LogP contribution in [0.3, 0.4) is 0 Å². The maximum Gasteiger partial charge on any atom is 0.339 e. The van der Waals surface area contributed by atoms with Crippen molar-refractivity contribution < 1.29 is 19.0 Å². The van der Waals surface area contributed by atoms with E-state index in [4.69, 9.17) is 9.47 Å². The summed E-state index contributed by atoms with van der Waals surface area (Å²) in [5, 5.41) is 0. The van der Waals surface area contributed by atoms with Gasteiger partial charge in [-0.05, 0) is 40.2 Å². The van der Waals surface area contributed by atoms with E-state index in [-0.39, 0.29) is 12.8 Å². The molecule has 0 fully saturated rings. The Morgan fingerprint density at radius 1 is 1.30 bits per heavy atom. The van der Waals surface area contributed by atoms with Crippen molar-refractivity contribution >= 4 is 30.0 Å². The van der Waals surface area contributed by atoms with Crippen molar-refractivity contribution in [1.82, 2.24) is 0 Å². The fourth-order valence-corrected chi connectivity index (χ4v) is 2.68. The highest BCUT2D eigenvalue weighted by atomic mass is 79.9. The van der Waals surface area contributed by atoms with E-state index >= 15 is 0 Å². The summed E-state index contributed by atoms with van der Waals surface area (Å²) >= 11 is 3.32. The van der Waals surface area contributed by atoms with Crippen LogP contribution in [0, 0.1) is 0 Å². The standard InChI is InChI=1S/C14H21BrO4Si/c1-17-14(16)12-6-5-11(9-13(12)15)19-10-18-7-8-20(2,3)4/h5-6,9H,7-8,10H2,1-4H3. The third kappa shape index (κ3) is 6.07. The molecule has 0 N–H and O–H groups in total. The molecule has 0 aliphatic carbocycles. The summed E-state index contributed by atoms with van der Waals surface area (Å²) < 4.78 is 16.3. The Morgan fingerprint density at radius 3 is 2.55 bits per heavy atom. The molecule has 0 saturated heterocycles. The van der Waals surface area contributed by atoms with Gasteiger partial charge in [0.25, 0.3) is 0 Å². The summed E-state index contributed by atoms with van der Waals surface area (Å²) in [6, 6.07) is 6.22. The lowest BCUT2D eigenvalue weighted by atomic mass is 10.2. The second-order valence-electron chi connectivity index (χ2n) is 5.61. The zero-order valence-electron chi connectivity index (χ0n) is 12.4. The summed E-state index contributed by atoms with van der Waals surface area (Å²) in [5.74, 6) is 0.271. The van der Waals surface area contributed by atoms with E-state index < -0.39 is 8.07 Å². The molecular formula is C14H21BrO4Si. The van der Waals surface area contributed by atoms with Gasteiger partial charge >= 0.3 is 5.97 Å². The molecule has 0 saturated carbocycles. The number of carbonyl (C=O) groups is 1. The van der Waals surface area contributed by atoms with Crippen LogP contribution >= 0.6 is 15.9 Å². The first-order valence-electron chi connectivity index (χ1n) is 6.42. The molecule has 4 nitrogen and oxygen atoms in total. The normalized spacial score (nSPS) is 11.2. The van der Waals surface area contributed by atoms with E-state index in [1.54, 1.807) is 18.2 Å². The minimum absolute atomic E-state index is 0.217. The Hall–Kier alpha value is -0.853. The Kier molecular flexibility index (Phi) is 6.71. The lowest BCUT2D eigenvalue weighted by Crippen LogP contribution is -2.22. The molecule has 6 heteroatoms. The van der Waals surface area contributed by atoms with E-state index in [9.17, 15) is 4.79 Å². The molecule has 1 rings (SSSR count). The van der Waals surface area contributed by atoms with Crippen LogP contribution in [-0.2, 0) is 9.47 Å². The maximum absolute atomic E-state index is 11.4. The van der Waals surface area contributed by atoms with E-state index in [0.29, 0.717) is 15.8 Å². The molecule has 0 spiro atoms. The first kappa shape index (κ1) is 17.2. The second kappa shape index (κ2) is 7.80. The van der Waals surface area contributed by atoms with Gasteiger partial charge in [0.1, 0.15) is 5.75 Å². The van der Waals surface area contributed by atoms with Crippen LogP contribution in [0.1, 0.15) is 10.4 Å². The molecule has 0 heterocycles. The lowest BCUT2D eigenvalue weighted by molar-refractivity contribution is 0.0220. The van der Waals surface area contributed by atoms with E-state index in [0.717, 1.165) is 12.7 Å². The minimum atomic E-state index is -1.06. The average Bonchev–Trinajstić information content (AvgIpc) is 2.36. The molecule has 112 valence electrons. The highest BCUT2D eigenvalue weighted by molar-refractivity contribution is 9.10.